The van der Waals surface area contributed by atoms with E-state index in [9.17, 15) is 16.8 Å². The van der Waals surface area contributed by atoms with Crippen molar-refractivity contribution in [2.45, 2.75) is 24.0 Å². The molecule has 1 N–H and O–H groups in total. The van der Waals surface area contributed by atoms with Gasteiger partial charge in [-0.25, -0.2) is 21.6 Å². The molecule has 2 aromatic rings. The van der Waals surface area contributed by atoms with Gasteiger partial charge < -0.3 is 0 Å². The van der Waals surface area contributed by atoms with E-state index in [4.69, 9.17) is 0 Å². The number of sulfonamides is 2. The predicted octanol–water partition coefficient (Wildman–Crippen LogP) is 1.80. The summed E-state index contributed by atoms with van der Waals surface area (Å²) in [5, 5.41) is 0. The molecule has 6 nitrogen and oxygen atoms in total. The van der Waals surface area contributed by atoms with Crippen LogP contribution in [0.3, 0.4) is 0 Å². The Morgan fingerprint density at radius 3 is 2.36 bits per heavy atom. The number of aryl methyl sites for hydroxylation is 1. The molecule has 134 valence electrons. The average molecular weight is 380 g/mol. The van der Waals surface area contributed by atoms with Crippen LogP contribution in [0.15, 0.2) is 47.4 Å². The molecular formula is C17H20N2O4S2. The molecule has 0 aliphatic carbocycles. The van der Waals surface area contributed by atoms with E-state index in [0.717, 1.165) is 16.7 Å². The average Bonchev–Trinajstić information content (AvgIpc) is 3.01. The number of nitrogens with zero attached hydrogens (tertiary/aromatic N) is 1. The molecule has 0 atom stereocenters. The van der Waals surface area contributed by atoms with Crippen LogP contribution in [0.1, 0.15) is 16.7 Å². The van der Waals surface area contributed by atoms with Crippen molar-refractivity contribution < 1.29 is 16.8 Å². The molecule has 0 amide bonds. The third kappa shape index (κ3) is 3.56. The molecule has 0 aromatic heterocycles. The highest BCUT2D eigenvalue weighted by Gasteiger charge is 2.30. The molecule has 1 heterocycles. The number of nitrogens with one attached hydrogen (secondary N) is 1. The van der Waals surface area contributed by atoms with Gasteiger partial charge in [0, 0.05) is 6.54 Å². The second kappa shape index (κ2) is 6.44. The molecule has 0 unspecified atom stereocenters. The SMILES string of the molecule is CNS(=O)(=O)c1ccc2c(c1)CCN2S(=O)(=O)Cc1ccc(C)cc1. The number of hydrogen-bond acceptors (Lipinski definition) is 4. The van der Waals surface area contributed by atoms with E-state index in [-0.39, 0.29) is 10.6 Å². The fourth-order valence-corrected chi connectivity index (χ4v) is 5.29. The first kappa shape index (κ1) is 17.9. The minimum absolute atomic E-state index is 0.0801. The molecule has 25 heavy (non-hydrogen) atoms. The highest BCUT2D eigenvalue weighted by molar-refractivity contribution is 7.92. The Morgan fingerprint density at radius 2 is 1.72 bits per heavy atom. The van der Waals surface area contributed by atoms with Crippen LogP contribution in [0, 0.1) is 6.92 Å². The lowest BCUT2D eigenvalue weighted by molar-refractivity contribution is 0.587. The highest BCUT2D eigenvalue weighted by Crippen LogP contribution is 2.33. The van der Waals surface area contributed by atoms with Gasteiger partial charge in [-0.3, -0.25) is 4.31 Å². The molecule has 1 aliphatic rings. The van der Waals surface area contributed by atoms with Crippen LogP contribution in [-0.2, 0) is 32.2 Å². The fourth-order valence-electron chi connectivity index (χ4n) is 2.89. The molecule has 0 bridgehead atoms. The zero-order valence-corrected chi connectivity index (χ0v) is 15.7. The van der Waals surface area contributed by atoms with E-state index in [2.05, 4.69) is 4.72 Å². The van der Waals surface area contributed by atoms with Crippen LogP contribution in [0.4, 0.5) is 5.69 Å². The van der Waals surface area contributed by atoms with E-state index in [1.165, 1.54) is 17.4 Å². The second-order valence-corrected chi connectivity index (χ2v) is 9.84. The summed E-state index contributed by atoms with van der Waals surface area (Å²) in [7, 11) is -5.72. The van der Waals surface area contributed by atoms with E-state index in [1.807, 2.05) is 31.2 Å². The summed E-state index contributed by atoms with van der Waals surface area (Å²) in [6.07, 6.45) is 0.496. The number of hydrogen-bond donors (Lipinski definition) is 1. The monoisotopic (exact) mass is 380 g/mol. The van der Waals surface area contributed by atoms with Gasteiger partial charge in [0.1, 0.15) is 0 Å². The normalized spacial score (nSPS) is 14.6. The molecule has 0 saturated heterocycles. The summed E-state index contributed by atoms with van der Waals surface area (Å²) in [5.74, 6) is -0.0801. The summed E-state index contributed by atoms with van der Waals surface area (Å²) in [6, 6.07) is 11.9. The maximum absolute atomic E-state index is 12.8. The number of benzene rings is 2. The molecular weight excluding hydrogens is 360 g/mol. The summed E-state index contributed by atoms with van der Waals surface area (Å²) in [4.78, 5) is 0.145. The van der Waals surface area contributed by atoms with Gasteiger partial charge in [-0.1, -0.05) is 29.8 Å². The van der Waals surface area contributed by atoms with E-state index >= 15 is 0 Å². The van der Waals surface area contributed by atoms with Gasteiger partial charge in [0.15, 0.2) is 0 Å². The van der Waals surface area contributed by atoms with E-state index in [0.29, 0.717) is 18.7 Å². The molecule has 1 aliphatic heterocycles. The Morgan fingerprint density at radius 1 is 1.04 bits per heavy atom. The van der Waals surface area contributed by atoms with Crippen molar-refractivity contribution in [2.75, 3.05) is 17.9 Å². The predicted molar refractivity (Wildman–Crippen MR) is 97.5 cm³/mol. The van der Waals surface area contributed by atoms with Gasteiger partial charge in [0.25, 0.3) is 0 Å². The quantitative estimate of drug-likeness (QED) is 0.857. The van der Waals surface area contributed by atoms with Crippen LogP contribution < -0.4 is 9.03 Å². The number of rotatable bonds is 5. The zero-order valence-electron chi connectivity index (χ0n) is 14.1. The van der Waals surface area contributed by atoms with Crippen LogP contribution in [0.5, 0.6) is 0 Å². The Balaban J connectivity index is 1.90. The molecule has 0 saturated carbocycles. The van der Waals surface area contributed by atoms with Gasteiger partial charge in [-0.05, 0) is 49.7 Å². The van der Waals surface area contributed by atoms with E-state index < -0.39 is 20.0 Å². The van der Waals surface area contributed by atoms with Crippen LogP contribution in [0.2, 0.25) is 0 Å². The highest BCUT2D eigenvalue weighted by atomic mass is 32.2. The Labute approximate surface area is 148 Å². The van der Waals surface area contributed by atoms with Crippen molar-refractivity contribution in [1.29, 1.82) is 0 Å². The standard InChI is InChI=1S/C17H20N2O4S2/c1-13-3-5-14(6-4-13)12-24(20,21)19-10-9-15-11-16(7-8-17(15)19)25(22,23)18-2/h3-8,11,18H,9-10,12H2,1-2H3. The Kier molecular flexibility index (Phi) is 4.61. The van der Waals surface area contributed by atoms with Gasteiger partial charge in [-0.2, -0.15) is 0 Å². The number of fused-ring (bicyclic) bond motifs is 1. The largest absolute Gasteiger partial charge is 0.269 e. The summed E-state index contributed by atoms with van der Waals surface area (Å²) < 4.78 is 53.0. The molecule has 0 spiro atoms. The first-order chi connectivity index (χ1) is 11.7. The van der Waals surface area contributed by atoms with Crippen LogP contribution in [0.25, 0.3) is 0 Å². The van der Waals surface area contributed by atoms with Gasteiger partial charge in [0.2, 0.25) is 20.0 Å². The lowest BCUT2D eigenvalue weighted by atomic mass is 10.2. The van der Waals surface area contributed by atoms with Gasteiger partial charge >= 0.3 is 0 Å². The maximum atomic E-state index is 12.8. The van der Waals surface area contributed by atoms with Gasteiger partial charge in [-0.15, -0.1) is 0 Å². The van der Waals surface area contributed by atoms with Crippen molar-refractivity contribution in [3.05, 3.63) is 59.2 Å². The molecule has 0 radical (unpaired) electrons. The molecule has 0 fully saturated rings. The van der Waals surface area contributed by atoms with Gasteiger partial charge in [0.05, 0.1) is 16.3 Å². The minimum atomic E-state index is -3.54. The lowest BCUT2D eigenvalue weighted by Gasteiger charge is -2.20. The summed E-state index contributed by atoms with van der Waals surface area (Å²) in [5.41, 5.74) is 3.09. The van der Waals surface area contributed by atoms with Crippen molar-refractivity contribution in [2.24, 2.45) is 0 Å². The first-order valence-corrected chi connectivity index (χ1v) is 10.9. The minimum Gasteiger partial charge on any atom is -0.269 e. The fraction of sp³-hybridized carbons (Fsp3) is 0.294. The third-order valence-electron chi connectivity index (χ3n) is 4.29. The maximum Gasteiger partial charge on any atom is 0.240 e. The third-order valence-corrected chi connectivity index (χ3v) is 7.45. The van der Waals surface area contributed by atoms with Crippen molar-refractivity contribution in [3.8, 4) is 0 Å². The smallest absolute Gasteiger partial charge is 0.240 e. The van der Waals surface area contributed by atoms with E-state index in [1.54, 1.807) is 12.1 Å². The number of anilines is 1. The molecule has 3 rings (SSSR count). The molecule has 2 aromatic carbocycles. The molecule has 8 heteroatoms. The summed E-state index contributed by atoms with van der Waals surface area (Å²) >= 11 is 0. The lowest BCUT2D eigenvalue weighted by Crippen LogP contribution is -2.30. The van der Waals surface area contributed by atoms with Crippen molar-refractivity contribution >= 4 is 25.7 Å². The second-order valence-electron chi connectivity index (χ2n) is 6.06. The topological polar surface area (TPSA) is 83.6 Å². The van der Waals surface area contributed by atoms with Crippen LogP contribution >= 0.6 is 0 Å². The zero-order chi connectivity index (χ0) is 18.2. The first-order valence-electron chi connectivity index (χ1n) is 7.85. The Hall–Kier alpha value is -1.90. The van der Waals surface area contributed by atoms with Crippen molar-refractivity contribution in [1.82, 2.24) is 4.72 Å². The Bertz CT molecular complexity index is 997. The summed E-state index contributed by atoms with van der Waals surface area (Å²) in [6.45, 7) is 2.28. The van der Waals surface area contributed by atoms with Crippen molar-refractivity contribution in [3.63, 3.8) is 0 Å². The van der Waals surface area contributed by atoms with Crippen LogP contribution in [-0.4, -0.2) is 30.4 Å².